The quantitative estimate of drug-likeness (QED) is 0.913. The second-order valence-electron chi connectivity index (χ2n) is 4.95. The minimum Gasteiger partial charge on any atom is -0.479 e. The zero-order chi connectivity index (χ0) is 14.7. The molecule has 1 amide bonds. The molecular weight excluding hydrogens is 258 g/mol. The van der Waals surface area contributed by atoms with Gasteiger partial charge in [0.2, 0.25) is 0 Å². The summed E-state index contributed by atoms with van der Waals surface area (Å²) in [7, 11) is 0. The van der Waals surface area contributed by atoms with Crippen molar-refractivity contribution in [3.63, 3.8) is 0 Å². The summed E-state index contributed by atoms with van der Waals surface area (Å²) < 4.78 is 5.32. The molecule has 0 aromatic heterocycles. The van der Waals surface area contributed by atoms with Gasteiger partial charge < -0.3 is 14.7 Å². The number of benzene rings is 1. The third-order valence-electron chi connectivity index (χ3n) is 3.50. The lowest BCUT2D eigenvalue weighted by molar-refractivity contribution is -0.151. The topological polar surface area (TPSA) is 66.8 Å². The van der Waals surface area contributed by atoms with Gasteiger partial charge in [-0.25, -0.2) is 4.79 Å². The summed E-state index contributed by atoms with van der Waals surface area (Å²) in [6.45, 7) is 4.40. The van der Waals surface area contributed by atoms with Crippen LogP contribution in [0.3, 0.4) is 0 Å². The van der Waals surface area contributed by atoms with E-state index in [4.69, 9.17) is 9.84 Å². The molecule has 1 N–H and O–H groups in total. The van der Waals surface area contributed by atoms with E-state index in [1.807, 2.05) is 38.1 Å². The summed E-state index contributed by atoms with van der Waals surface area (Å²) in [5, 5.41) is 8.91. The minimum atomic E-state index is -1.00. The molecule has 5 heteroatoms. The maximum Gasteiger partial charge on any atom is 0.332 e. The number of anilines is 1. The van der Waals surface area contributed by atoms with Gasteiger partial charge in [-0.3, -0.25) is 4.79 Å². The Labute approximate surface area is 118 Å². The number of nitrogens with zero attached hydrogens (tertiary/aromatic N) is 1. The smallest absolute Gasteiger partial charge is 0.332 e. The van der Waals surface area contributed by atoms with Crippen molar-refractivity contribution in [1.82, 2.24) is 0 Å². The first-order chi connectivity index (χ1) is 9.52. The average Bonchev–Trinajstić information content (AvgIpc) is 2.91. The van der Waals surface area contributed by atoms with Crippen LogP contribution in [0.15, 0.2) is 24.3 Å². The van der Waals surface area contributed by atoms with Crippen LogP contribution >= 0.6 is 0 Å². The molecule has 1 fully saturated rings. The molecule has 1 aliphatic heterocycles. The van der Waals surface area contributed by atoms with Crippen molar-refractivity contribution in [1.29, 1.82) is 0 Å². The summed E-state index contributed by atoms with van der Waals surface area (Å²) in [5.41, 5.74) is 1.94. The van der Waals surface area contributed by atoms with Gasteiger partial charge >= 0.3 is 5.97 Å². The van der Waals surface area contributed by atoms with E-state index in [9.17, 15) is 9.59 Å². The van der Waals surface area contributed by atoms with Gasteiger partial charge in [0.05, 0.1) is 0 Å². The highest BCUT2D eigenvalue weighted by molar-refractivity contribution is 5.97. The van der Waals surface area contributed by atoms with E-state index in [2.05, 4.69) is 0 Å². The van der Waals surface area contributed by atoms with Crippen molar-refractivity contribution >= 4 is 17.6 Å². The summed E-state index contributed by atoms with van der Waals surface area (Å²) in [4.78, 5) is 24.9. The molecule has 1 aliphatic rings. The fourth-order valence-corrected chi connectivity index (χ4v) is 2.36. The average molecular weight is 277 g/mol. The van der Waals surface area contributed by atoms with E-state index in [1.165, 1.54) is 0 Å². The number of likely N-dealkylation sites (N-methyl/N-ethyl adjacent to an activating group) is 1. The van der Waals surface area contributed by atoms with Crippen LogP contribution < -0.4 is 4.90 Å². The van der Waals surface area contributed by atoms with Crippen molar-refractivity contribution in [3.05, 3.63) is 29.8 Å². The molecule has 20 heavy (non-hydrogen) atoms. The zero-order valence-electron chi connectivity index (χ0n) is 11.7. The molecule has 0 aliphatic carbocycles. The Kier molecular flexibility index (Phi) is 4.39. The maximum atomic E-state index is 12.4. The molecular formula is C15H19NO4. The van der Waals surface area contributed by atoms with Gasteiger partial charge in [-0.1, -0.05) is 17.7 Å². The van der Waals surface area contributed by atoms with Crippen molar-refractivity contribution < 1.29 is 19.4 Å². The third-order valence-corrected chi connectivity index (χ3v) is 3.50. The molecule has 1 heterocycles. The van der Waals surface area contributed by atoms with Crippen LogP contribution in [0.1, 0.15) is 25.3 Å². The second kappa shape index (κ2) is 6.05. The highest BCUT2D eigenvalue weighted by atomic mass is 16.5. The van der Waals surface area contributed by atoms with Gasteiger partial charge in [0.25, 0.3) is 5.91 Å². The van der Waals surface area contributed by atoms with Gasteiger partial charge in [-0.05, 0) is 38.8 Å². The Morgan fingerprint density at radius 1 is 1.25 bits per heavy atom. The normalized spacial score (nSPS) is 21.7. The SMILES string of the molecule is CCN(C(=O)[C@@H]1CC[C@H](C(=O)O)O1)c1ccc(C)cc1. The Morgan fingerprint density at radius 2 is 1.85 bits per heavy atom. The number of carboxylic acids is 1. The highest BCUT2D eigenvalue weighted by Crippen LogP contribution is 2.24. The van der Waals surface area contributed by atoms with Crippen molar-refractivity contribution in [2.75, 3.05) is 11.4 Å². The second-order valence-corrected chi connectivity index (χ2v) is 4.95. The van der Waals surface area contributed by atoms with Crippen LogP contribution in [0.5, 0.6) is 0 Å². The summed E-state index contributed by atoms with van der Waals surface area (Å²) in [5.74, 6) is -1.17. The van der Waals surface area contributed by atoms with Crippen LogP contribution in [-0.4, -0.2) is 35.7 Å². The van der Waals surface area contributed by atoms with E-state index in [-0.39, 0.29) is 5.91 Å². The van der Waals surface area contributed by atoms with Gasteiger partial charge in [0.1, 0.15) is 6.10 Å². The fraction of sp³-hybridized carbons (Fsp3) is 0.467. The molecule has 2 rings (SSSR count). The van der Waals surface area contributed by atoms with E-state index in [0.717, 1.165) is 11.3 Å². The number of amides is 1. The lowest BCUT2D eigenvalue weighted by atomic mass is 10.1. The first-order valence-corrected chi connectivity index (χ1v) is 6.79. The van der Waals surface area contributed by atoms with Crippen LogP contribution in [0.25, 0.3) is 0 Å². The van der Waals surface area contributed by atoms with Crippen LogP contribution in [0, 0.1) is 6.92 Å². The lowest BCUT2D eigenvalue weighted by Gasteiger charge is -2.24. The molecule has 0 bridgehead atoms. The molecule has 0 spiro atoms. The van der Waals surface area contributed by atoms with Gasteiger partial charge in [-0.15, -0.1) is 0 Å². The molecule has 5 nitrogen and oxygen atoms in total. The van der Waals surface area contributed by atoms with Gasteiger partial charge in [-0.2, -0.15) is 0 Å². The predicted molar refractivity (Wildman–Crippen MR) is 74.7 cm³/mol. The number of ether oxygens (including phenoxy) is 1. The summed E-state index contributed by atoms with van der Waals surface area (Å²) in [6, 6.07) is 7.67. The van der Waals surface area contributed by atoms with Crippen molar-refractivity contribution in [3.8, 4) is 0 Å². The van der Waals surface area contributed by atoms with E-state index in [1.54, 1.807) is 4.90 Å². The largest absolute Gasteiger partial charge is 0.479 e. The molecule has 108 valence electrons. The predicted octanol–water partition coefficient (Wildman–Crippen LogP) is 1.98. The Hall–Kier alpha value is -1.88. The number of carboxylic acid groups (broad SMARTS) is 1. The Morgan fingerprint density at radius 3 is 2.35 bits per heavy atom. The molecule has 2 atom stereocenters. The van der Waals surface area contributed by atoms with Crippen LogP contribution in [0.2, 0.25) is 0 Å². The monoisotopic (exact) mass is 277 g/mol. The maximum absolute atomic E-state index is 12.4. The van der Waals surface area contributed by atoms with E-state index >= 15 is 0 Å². The van der Waals surface area contributed by atoms with Crippen molar-refractivity contribution in [2.45, 2.75) is 38.9 Å². The summed E-state index contributed by atoms with van der Waals surface area (Å²) >= 11 is 0. The molecule has 1 aromatic carbocycles. The molecule has 1 aromatic rings. The number of rotatable bonds is 4. The molecule has 0 saturated carbocycles. The number of aryl methyl sites for hydroxylation is 1. The zero-order valence-corrected chi connectivity index (χ0v) is 11.7. The third kappa shape index (κ3) is 2.99. The first kappa shape index (κ1) is 14.5. The first-order valence-electron chi connectivity index (χ1n) is 6.79. The fourth-order valence-electron chi connectivity index (χ4n) is 2.36. The van der Waals surface area contributed by atoms with Crippen LogP contribution in [0.4, 0.5) is 5.69 Å². The number of aliphatic carboxylic acids is 1. The van der Waals surface area contributed by atoms with Crippen molar-refractivity contribution in [2.24, 2.45) is 0 Å². The van der Waals surface area contributed by atoms with Crippen LogP contribution in [-0.2, 0) is 14.3 Å². The lowest BCUT2D eigenvalue weighted by Crippen LogP contribution is -2.39. The highest BCUT2D eigenvalue weighted by Gasteiger charge is 2.36. The van der Waals surface area contributed by atoms with E-state index in [0.29, 0.717) is 19.4 Å². The molecule has 1 saturated heterocycles. The Balaban J connectivity index is 2.10. The molecule has 0 radical (unpaired) electrons. The number of hydrogen-bond acceptors (Lipinski definition) is 3. The van der Waals surface area contributed by atoms with E-state index < -0.39 is 18.2 Å². The Bertz CT molecular complexity index is 497. The summed E-state index contributed by atoms with van der Waals surface area (Å²) in [6.07, 6.45) is -0.673. The minimum absolute atomic E-state index is 0.167. The number of hydrogen-bond donors (Lipinski definition) is 1. The van der Waals surface area contributed by atoms with Gasteiger partial charge in [0.15, 0.2) is 6.10 Å². The standard InChI is InChI=1S/C15H19NO4/c1-3-16(11-6-4-10(2)5-7-11)14(17)12-8-9-13(20-12)15(18)19/h4-7,12-13H,3,8-9H2,1-2H3,(H,18,19)/t12-,13+/m0/s1. The van der Waals surface area contributed by atoms with Gasteiger partial charge in [0, 0.05) is 12.2 Å². The number of carbonyl (C=O) groups excluding carboxylic acids is 1. The number of carbonyl (C=O) groups is 2. The molecule has 0 unspecified atom stereocenters.